The van der Waals surface area contributed by atoms with E-state index >= 15 is 0 Å². The average molecular weight is 247 g/mol. The Morgan fingerprint density at radius 1 is 1.53 bits per heavy atom. The van der Waals surface area contributed by atoms with Crippen LogP contribution in [0.4, 0.5) is 0 Å². The van der Waals surface area contributed by atoms with Gasteiger partial charge in [0, 0.05) is 14.0 Å². The first-order valence-corrected chi connectivity index (χ1v) is 5.46. The summed E-state index contributed by atoms with van der Waals surface area (Å²) in [6.07, 6.45) is -2.11. The smallest absolute Gasteiger partial charge is 0.217 e. The lowest BCUT2D eigenvalue weighted by molar-refractivity contribution is -0.156. The summed E-state index contributed by atoms with van der Waals surface area (Å²) >= 11 is 0. The van der Waals surface area contributed by atoms with Crippen LogP contribution in [0.3, 0.4) is 0 Å². The Labute approximate surface area is 99.0 Å². The summed E-state index contributed by atoms with van der Waals surface area (Å²) in [4.78, 5) is 11.0. The van der Waals surface area contributed by atoms with Crippen LogP contribution >= 0.6 is 0 Å². The Morgan fingerprint density at radius 2 is 2.29 bits per heavy atom. The molecule has 1 unspecified atom stereocenters. The number of carbonyl (C=O) groups is 1. The van der Waals surface area contributed by atoms with E-state index in [9.17, 15) is 9.90 Å². The van der Waals surface area contributed by atoms with E-state index < -0.39 is 12.3 Å². The number of amides is 1. The van der Waals surface area contributed by atoms with Crippen molar-refractivity contribution in [2.45, 2.75) is 37.6 Å². The number of carbonyl (C=O) groups excluding carboxylic acids is 1. The number of rotatable bonds is 4. The van der Waals surface area contributed by atoms with Crippen molar-refractivity contribution < 1.29 is 28.8 Å². The minimum atomic E-state index is -1.07. The van der Waals surface area contributed by atoms with Gasteiger partial charge in [-0.25, -0.2) is 0 Å². The third-order valence-electron chi connectivity index (χ3n) is 2.87. The molecule has 0 bridgehead atoms. The van der Waals surface area contributed by atoms with Crippen molar-refractivity contribution in [3.05, 3.63) is 0 Å². The van der Waals surface area contributed by atoms with Gasteiger partial charge in [-0.1, -0.05) is 0 Å². The molecular formula is C10H17NO6. The number of hydrogen-bond acceptors (Lipinski definition) is 6. The molecule has 2 N–H and O–H groups in total. The second-order valence-corrected chi connectivity index (χ2v) is 4.13. The van der Waals surface area contributed by atoms with Crippen molar-refractivity contribution in [3.8, 4) is 0 Å². The van der Waals surface area contributed by atoms with Gasteiger partial charge in [0.25, 0.3) is 0 Å². The van der Waals surface area contributed by atoms with E-state index in [1.807, 2.05) is 0 Å². The summed E-state index contributed by atoms with van der Waals surface area (Å²) in [6, 6.07) is -0.548. The van der Waals surface area contributed by atoms with Crippen LogP contribution in [0.15, 0.2) is 0 Å². The van der Waals surface area contributed by atoms with E-state index in [-0.39, 0.29) is 31.0 Å². The van der Waals surface area contributed by atoms with E-state index in [2.05, 4.69) is 5.32 Å². The summed E-state index contributed by atoms with van der Waals surface area (Å²) in [7, 11) is 1.53. The summed E-state index contributed by atoms with van der Waals surface area (Å²) < 4.78 is 21.0. The van der Waals surface area contributed by atoms with Gasteiger partial charge in [-0.15, -0.1) is 0 Å². The number of nitrogens with one attached hydrogen (secondary N) is 1. The molecule has 5 atom stereocenters. The third-order valence-corrected chi connectivity index (χ3v) is 2.87. The van der Waals surface area contributed by atoms with Crippen molar-refractivity contribution >= 4 is 5.91 Å². The molecule has 2 saturated heterocycles. The lowest BCUT2D eigenvalue weighted by Gasteiger charge is -2.18. The van der Waals surface area contributed by atoms with Crippen molar-refractivity contribution in [1.29, 1.82) is 0 Å². The van der Waals surface area contributed by atoms with Crippen LogP contribution in [-0.2, 0) is 23.7 Å². The van der Waals surface area contributed by atoms with Gasteiger partial charge < -0.3 is 29.4 Å². The first kappa shape index (κ1) is 12.7. The van der Waals surface area contributed by atoms with Crippen LogP contribution in [0.1, 0.15) is 6.92 Å². The van der Waals surface area contributed by atoms with Crippen LogP contribution in [0.2, 0.25) is 0 Å². The molecule has 17 heavy (non-hydrogen) atoms. The highest BCUT2D eigenvalue weighted by molar-refractivity contribution is 5.73. The average Bonchev–Trinajstić information content (AvgIpc) is 2.77. The third kappa shape index (κ3) is 2.58. The van der Waals surface area contributed by atoms with Crippen molar-refractivity contribution in [3.63, 3.8) is 0 Å². The predicted molar refractivity (Wildman–Crippen MR) is 55.0 cm³/mol. The monoisotopic (exact) mass is 247 g/mol. The highest BCUT2D eigenvalue weighted by Crippen LogP contribution is 2.31. The lowest BCUT2D eigenvalue weighted by atomic mass is 10.1. The normalized spacial score (nSPS) is 40.3. The number of aliphatic hydroxyl groups is 1. The maximum Gasteiger partial charge on any atom is 0.217 e. The van der Waals surface area contributed by atoms with Gasteiger partial charge >= 0.3 is 0 Å². The quantitative estimate of drug-likeness (QED) is 0.594. The summed E-state index contributed by atoms with van der Waals surface area (Å²) in [5.74, 6) is -0.233. The van der Waals surface area contributed by atoms with Crippen LogP contribution in [0.5, 0.6) is 0 Å². The summed E-state index contributed by atoms with van der Waals surface area (Å²) in [6.45, 7) is 1.89. The second kappa shape index (κ2) is 5.28. The summed E-state index contributed by atoms with van der Waals surface area (Å²) in [5, 5.41) is 12.3. The molecule has 7 nitrogen and oxygen atoms in total. The van der Waals surface area contributed by atoms with Crippen LogP contribution in [-0.4, -0.2) is 62.2 Å². The van der Waals surface area contributed by atoms with Crippen molar-refractivity contribution in [1.82, 2.24) is 5.32 Å². The molecule has 0 aromatic heterocycles. The Hall–Kier alpha value is -0.730. The molecule has 1 amide bonds. The van der Waals surface area contributed by atoms with Crippen molar-refractivity contribution in [2.75, 3.05) is 20.5 Å². The molecule has 2 heterocycles. The Kier molecular flexibility index (Phi) is 3.95. The molecule has 2 rings (SSSR count). The number of fused-ring (bicyclic) bond motifs is 1. The highest BCUT2D eigenvalue weighted by atomic mass is 16.7. The number of aliphatic hydroxyl groups excluding tert-OH is 1. The molecule has 2 aliphatic heterocycles. The standard InChI is InChI=1S/C10H17NO6/c1-5(12)11-7-9-8(17-10(7)13)6(3-15-9)16-4-14-2/h6-10,13H,3-4H2,1-2H3,(H,11,12)/t6-,7-,8-,9-,10?/m1/s1. The first-order chi connectivity index (χ1) is 8.13. The van der Waals surface area contributed by atoms with E-state index in [1.165, 1.54) is 14.0 Å². The number of ether oxygens (including phenoxy) is 4. The van der Waals surface area contributed by atoms with E-state index in [0.717, 1.165) is 0 Å². The van der Waals surface area contributed by atoms with Crippen LogP contribution in [0, 0.1) is 0 Å². The van der Waals surface area contributed by atoms with Gasteiger partial charge in [0.1, 0.15) is 31.1 Å². The SMILES string of the molecule is COCO[C@@H]1CO[C@H]2[C@@H]1OC(O)[C@@H]2NC(C)=O. The zero-order valence-corrected chi connectivity index (χ0v) is 9.79. The van der Waals surface area contributed by atoms with Crippen molar-refractivity contribution in [2.24, 2.45) is 0 Å². The Balaban J connectivity index is 1.96. The van der Waals surface area contributed by atoms with E-state index in [4.69, 9.17) is 18.9 Å². The number of hydrogen-bond donors (Lipinski definition) is 2. The second-order valence-electron chi connectivity index (χ2n) is 4.13. The highest BCUT2D eigenvalue weighted by Gasteiger charge is 2.53. The van der Waals surface area contributed by atoms with Gasteiger partial charge in [0.2, 0.25) is 5.91 Å². The molecule has 0 aromatic rings. The fourth-order valence-corrected chi connectivity index (χ4v) is 2.17. The first-order valence-electron chi connectivity index (χ1n) is 5.46. The van der Waals surface area contributed by atoms with Gasteiger partial charge in [-0.3, -0.25) is 4.79 Å². The van der Waals surface area contributed by atoms with E-state index in [1.54, 1.807) is 0 Å². The predicted octanol–water partition coefficient (Wildman–Crippen LogP) is -1.40. The van der Waals surface area contributed by atoms with Gasteiger partial charge in [-0.05, 0) is 0 Å². The molecule has 0 radical (unpaired) electrons. The summed E-state index contributed by atoms with van der Waals surface area (Å²) in [5.41, 5.74) is 0. The lowest BCUT2D eigenvalue weighted by Crippen LogP contribution is -2.46. The topological polar surface area (TPSA) is 86.2 Å². The van der Waals surface area contributed by atoms with Gasteiger partial charge in [0.15, 0.2) is 6.29 Å². The molecule has 0 saturated carbocycles. The zero-order valence-electron chi connectivity index (χ0n) is 9.79. The molecule has 2 fully saturated rings. The molecule has 0 aromatic carbocycles. The fourth-order valence-electron chi connectivity index (χ4n) is 2.17. The zero-order chi connectivity index (χ0) is 12.4. The van der Waals surface area contributed by atoms with Crippen LogP contribution < -0.4 is 5.32 Å². The van der Waals surface area contributed by atoms with Gasteiger partial charge in [0.05, 0.1) is 6.61 Å². The minimum Gasteiger partial charge on any atom is -0.370 e. The van der Waals surface area contributed by atoms with Crippen LogP contribution in [0.25, 0.3) is 0 Å². The maximum absolute atomic E-state index is 11.0. The van der Waals surface area contributed by atoms with Gasteiger partial charge in [-0.2, -0.15) is 0 Å². The molecule has 0 spiro atoms. The molecule has 98 valence electrons. The number of methoxy groups -OCH3 is 1. The largest absolute Gasteiger partial charge is 0.370 e. The maximum atomic E-state index is 11.0. The molecule has 0 aliphatic carbocycles. The Bertz CT molecular complexity index is 286. The fraction of sp³-hybridized carbons (Fsp3) is 0.900. The minimum absolute atomic E-state index is 0.140. The Morgan fingerprint density at radius 3 is 2.94 bits per heavy atom. The molecule has 7 heteroatoms. The molecular weight excluding hydrogens is 230 g/mol. The van der Waals surface area contributed by atoms with E-state index in [0.29, 0.717) is 6.61 Å². The molecule has 2 aliphatic rings.